The SMILES string of the molecule is CCc1nc2cc(CC(O)c3ccc(Cl)cc3)ccc2[nH]c1=O. The lowest BCUT2D eigenvalue weighted by Gasteiger charge is -2.12. The van der Waals surface area contributed by atoms with Crippen LogP contribution < -0.4 is 5.56 Å². The number of aliphatic hydroxyl groups excluding tert-OH is 1. The van der Waals surface area contributed by atoms with E-state index in [2.05, 4.69) is 9.97 Å². The molecular formula is C18H17ClN2O2. The molecule has 2 N–H and O–H groups in total. The predicted octanol–water partition coefficient (Wildman–Crippen LogP) is 3.42. The average Bonchev–Trinajstić information content (AvgIpc) is 2.55. The number of nitrogens with one attached hydrogen (secondary N) is 1. The Morgan fingerprint density at radius 2 is 1.96 bits per heavy atom. The van der Waals surface area contributed by atoms with Crippen molar-refractivity contribution in [3.8, 4) is 0 Å². The third-order valence-electron chi connectivity index (χ3n) is 3.85. The number of aryl methyl sites for hydroxylation is 1. The zero-order valence-electron chi connectivity index (χ0n) is 12.7. The van der Waals surface area contributed by atoms with E-state index in [0.717, 1.165) is 16.6 Å². The molecule has 0 amide bonds. The van der Waals surface area contributed by atoms with Crippen molar-refractivity contribution in [2.45, 2.75) is 25.9 Å². The molecule has 1 heterocycles. The zero-order chi connectivity index (χ0) is 16.4. The number of H-pyrrole nitrogens is 1. The normalized spacial score (nSPS) is 12.5. The van der Waals surface area contributed by atoms with E-state index in [4.69, 9.17) is 11.6 Å². The van der Waals surface area contributed by atoms with Crippen LogP contribution in [0.4, 0.5) is 0 Å². The highest BCUT2D eigenvalue weighted by Crippen LogP contribution is 2.21. The molecule has 1 aromatic heterocycles. The van der Waals surface area contributed by atoms with E-state index in [1.165, 1.54) is 0 Å². The molecule has 1 unspecified atom stereocenters. The fourth-order valence-electron chi connectivity index (χ4n) is 2.56. The van der Waals surface area contributed by atoms with Crippen LogP contribution in [0, 0.1) is 0 Å². The molecule has 5 heteroatoms. The van der Waals surface area contributed by atoms with Crippen molar-refractivity contribution in [1.29, 1.82) is 0 Å². The van der Waals surface area contributed by atoms with E-state index < -0.39 is 6.10 Å². The summed E-state index contributed by atoms with van der Waals surface area (Å²) in [5.41, 5.74) is 3.60. The standard InChI is InChI=1S/C18H17ClN2O2/c1-2-14-18(23)21-15-8-3-11(9-16(15)20-14)10-17(22)12-4-6-13(19)7-5-12/h3-9,17,22H,2,10H2,1H3,(H,21,23). The fourth-order valence-corrected chi connectivity index (χ4v) is 2.68. The molecule has 3 rings (SSSR count). The fraction of sp³-hybridized carbons (Fsp3) is 0.222. The summed E-state index contributed by atoms with van der Waals surface area (Å²) in [6.07, 6.45) is 0.445. The van der Waals surface area contributed by atoms with Crippen LogP contribution in [0.5, 0.6) is 0 Å². The van der Waals surface area contributed by atoms with Crippen LogP contribution in [0.2, 0.25) is 5.02 Å². The van der Waals surface area contributed by atoms with Crippen molar-refractivity contribution in [3.63, 3.8) is 0 Å². The molecule has 4 nitrogen and oxygen atoms in total. The number of hydrogen-bond acceptors (Lipinski definition) is 3. The number of benzene rings is 2. The summed E-state index contributed by atoms with van der Waals surface area (Å²) in [6, 6.07) is 12.8. The second kappa shape index (κ2) is 6.52. The Morgan fingerprint density at radius 3 is 2.65 bits per heavy atom. The molecule has 0 saturated heterocycles. The summed E-state index contributed by atoms with van der Waals surface area (Å²) in [7, 11) is 0. The summed E-state index contributed by atoms with van der Waals surface area (Å²) in [5.74, 6) is 0. The van der Waals surface area contributed by atoms with Gasteiger partial charge in [0.1, 0.15) is 5.69 Å². The lowest BCUT2D eigenvalue weighted by Crippen LogP contribution is -2.14. The van der Waals surface area contributed by atoms with Gasteiger partial charge in [-0.1, -0.05) is 36.7 Å². The first-order valence-electron chi connectivity index (χ1n) is 7.52. The maximum atomic E-state index is 11.8. The number of aromatic nitrogens is 2. The molecule has 0 spiro atoms. The van der Waals surface area contributed by atoms with E-state index in [0.29, 0.717) is 29.1 Å². The highest BCUT2D eigenvalue weighted by Gasteiger charge is 2.10. The van der Waals surface area contributed by atoms with Crippen molar-refractivity contribution >= 4 is 22.6 Å². The van der Waals surface area contributed by atoms with Crippen LogP contribution in [0.3, 0.4) is 0 Å². The molecule has 0 aliphatic rings. The molecule has 0 saturated carbocycles. The molecular weight excluding hydrogens is 312 g/mol. The number of nitrogens with zero attached hydrogens (tertiary/aromatic N) is 1. The lowest BCUT2D eigenvalue weighted by molar-refractivity contribution is 0.178. The van der Waals surface area contributed by atoms with Gasteiger partial charge in [0.05, 0.1) is 17.1 Å². The van der Waals surface area contributed by atoms with Crippen LogP contribution in [0.15, 0.2) is 47.3 Å². The minimum Gasteiger partial charge on any atom is -0.388 e. The number of fused-ring (bicyclic) bond motifs is 1. The largest absolute Gasteiger partial charge is 0.388 e. The van der Waals surface area contributed by atoms with E-state index >= 15 is 0 Å². The first-order chi connectivity index (χ1) is 11.1. The Kier molecular flexibility index (Phi) is 4.46. The van der Waals surface area contributed by atoms with Crippen LogP contribution >= 0.6 is 11.6 Å². The predicted molar refractivity (Wildman–Crippen MR) is 91.9 cm³/mol. The van der Waals surface area contributed by atoms with Crippen LogP contribution in [0.1, 0.15) is 29.8 Å². The van der Waals surface area contributed by atoms with Gasteiger partial charge in [0.15, 0.2) is 0 Å². The molecule has 0 aliphatic heterocycles. The van der Waals surface area contributed by atoms with E-state index in [-0.39, 0.29) is 5.56 Å². The summed E-state index contributed by atoms with van der Waals surface area (Å²) in [6.45, 7) is 1.90. The van der Waals surface area contributed by atoms with E-state index in [1.807, 2.05) is 37.3 Å². The van der Waals surface area contributed by atoms with Gasteiger partial charge in [-0.05, 0) is 41.8 Å². The van der Waals surface area contributed by atoms with Gasteiger partial charge in [0.2, 0.25) is 0 Å². The molecule has 0 radical (unpaired) electrons. The van der Waals surface area contributed by atoms with E-state index in [9.17, 15) is 9.90 Å². The molecule has 1 atom stereocenters. The van der Waals surface area contributed by atoms with Gasteiger partial charge in [-0.3, -0.25) is 4.79 Å². The average molecular weight is 329 g/mol. The molecule has 23 heavy (non-hydrogen) atoms. The van der Waals surface area contributed by atoms with E-state index in [1.54, 1.807) is 12.1 Å². The zero-order valence-corrected chi connectivity index (χ0v) is 13.5. The van der Waals surface area contributed by atoms with Crippen molar-refractivity contribution in [1.82, 2.24) is 9.97 Å². The quantitative estimate of drug-likeness (QED) is 0.771. The lowest BCUT2D eigenvalue weighted by atomic mass is 10.0. The van der Waals surface area contributed by atoms with Gasteiger partial charge in [-0.2, -0.15) is 0 Å². The molecule has 118 valence electrons. The smallest absolute Gasteiger partial charge is 0.270 e. The highest BCUT2D eigenvalue weighted by molar-refractivity contribution is 6.30. The summed E-state index contributed by atoms with van der Waals surface area (Å²) in [4.78, 5) is 19.0. The van der Waals surface area contributed by atoms with Crippen LogP contribution in [0.25, 0.3) is 11.0 Å². The molecule has 3 aromatic rings. The third kappa shape index (κ3) is 3.44. The first-order valence-corrected chi connectivity index (χ1v) is 7.90. The number of halogens is 1. The second-order valence-corrected chi connectivity index (χ2v) is 5.93. The number of rotatable bonds is 4. The maximum Gasteiger partial charge on any atom is 0.270 e. The number of aromatic amines is 1. The van der Waals surface area contributed by atoms with Gasteiger partial charge in [-0.15, -0.1) is 0 Å². The molecule has 0 fully saturated rings. The Morgan fingerprint density at radius 1 is 1.22 bits per heavy atom. The van der Waals surface area contributed by atoms with Crippen molar-refractivity contribution in [2.75, 3.05) is 0 Å². The Labute approximate surface area is 138 Å². The minimum atomic E-state index is -0.613. The van der Waals surface area contributed by atoms with Gasteiger partial charge in [-0.25, -0.2) is 4.98 Å². The topological polar surface area (TPSA) is 66.0 Å². The summed E-state index contributed by atoms with van der Waals surface area (Å²) >= 11 is 5.86. The summed E-state index contributed by atoms with van der Waals surface area (Å²) < 4.78 is 0. The monoisotopic (exact) mass is 328 g/mol. The van der Waals surface area contributed by atoms with Gasteiger partial charge < -0.3 is 10.1 Å². The van der Waals surface area contributed by atoms with Crippen molar-refractivity contribution in [3.05, 3.63) is 74.7 Å². The molecule has 0 aliphatic carbocycles. The maximum absolute atomic E-state index is 11.8. The van der Waals surface area contributed by atoms with Gasteiger partial charge in [0.25, 0.3) is 5.56 Å². The molecule has 2 aromatic carbocycles. The van der Waals surface area contributed by atoms with Crippen LogP contribution in [-0.2, 0) is 12.8 Å². The first kappa shape index (κ1) is 15.7. The third-order valence-corrected chi connectivity index (χ3v) is 4.10. The number of aliphatic hydroxyl groups is 1. The second-order valence-electron chi connectivity index (χ2n) is 5.49. The number of hydrogen-bond donors (Lipinski definition) is 2. The minimum absolute atomic E-state index is 0.144. The van der Waals surface area contributed by atoms with Crippen molar-refractivity contribution < 1.29 is 5.11 Å². The van der Waals surface area contributed by atoms with Crippen LogP contribution in [-0.4, -0.2) is 15.1 Å². The summed E-state index contributed by atoms with van der Waals surface area (Å²) in [5, 5.41) is 11.0. The highest BCUT2D eigenvalue weighted by atomic mass is 35.5. The Bertz CT molecular complexity index is 888. The van der Waals surface area contributed by atoms with Crippen molar-refractivity contribution in [2.24, 2.45) is 0 Å². The van der Waals surface area contributed by atoms with Gasteiger partial charge >= 0.3 is 0 Å². The Hall–Kier alpha value is -2.17. The van der Waals surface area contributed by atoms with Gasteiger partial charge in [0, 0.05) is 11.4 Å². The Balaban J connectivity index is 1.89. The molecule has 0 bridgehead atoms.